The highest BCUT2D eigenvalue weighted by atomic mass is 32.1. The molecule has 1 saturated heterocycles. The Morgan fingerprint density at radius 2 is 2.21 bits per heavy atom. The molecule has 0 aromatic carbocycles. The van der Waals surface area contributed by atoms with Gasteiger partial charge in [0.25, 0.3) is 0 Å². The minimum Gasteiger partial charge on any atom is -0.338 e. The summed E-state index contributed by atoms with van der Waals surface area (Å²) in [5.74, 6) is 0.187. The van der Waals surface area contributed by atoms with Crippen molar-refractivity contribution in [3.8, 4) is 0 Å². The van der Waals surface area contributed by atoms with Crippen LogP contribution < -0.4 is 0 Å². The van der Waals surface area contributed by atoms with Gasteiger partial charge in [-0.3, -0.25) is 9.48 Å². The molecule has 0 radical (unpaired) electrons. The van der Waals surface area contributed by atoms with Crippen molar-refractivity contribution in [3.05, 3.63) is 34.0 Å². The van der Waals surface area contributed by atoms with E-state index in [0.717, 1.165) is 42.2 Å². The molecule has 0 saturated carbocycles. The van der Waals surface area contributed by atoms with Gasteiger partial charge in [0.1, 0.15) is 0 Å². The van der Waals surface area contributed by atoms with Gasteiger partial charge in [0, 0.05) is 23.5 Å². The van der Waals surface area contributed by atoms with Gasteiger partial charge in [-0.2, -0.15) is 5.10 Å². The summed E-state index contributed by atoms with van der Waals surface area (Å²) in [4.78, 5) is 19.4. The van der Waals surface area contributed by atoms with Gasteiger partial charge in [-0.1, -0.05) is 20.8 Å². The number of nitrogens with zero attached hydrogens (tertiary/aromatic N) is 4. The molecule has 1 amide bonds. The molecule has 1 aliphatic rings. The predicted octanol–water partition coefficient (Wildman–Crippen LogP) is 3.18. The second-order valence-corrected chi connectivity index (χ2v) is 8.55. The Balaban J connectivity index is 1.64. The van der Waals surface area contributed by atoms with Crippen molar-refractivity contribution >= 4 is 17.2 Å². The number of amides is 1. The van der Waals surface area contributed by atoms with Crippen LogP contribution in [0.4, 0.5) is 0 Å². The van der Waals surface area contributed by atoms with Gasteiger partial charge >= 0.3 is 0 Å². The van der Waals surface area contributed by atoms with Crippen molar-refractivity contribution in [2.45, 2.75) is 65.0 Å². The lowest BCUT2D eigenvalue weighted by Crippen LogP contribution is -2.39. The van der Waals surface area contributed by atoms with E-state index in [9.17, 15) is 4.79 Å². The number of rotatable bonds is 4. The van der Waals surface area contributed by atoms with Crippen molar-refractivity contribution in [3.63, 3.8) is 0 Å². The number of thiazole rings is 1. The Labute approximate surface area is 147 Å². The largest absolute Gasteiger partial charge is 0.338 e. The molecule has 130 valence electrons. The van der Waals surface area contributed by atoms with Crippen LogP contribution in [0.5, 0.6) is 0 Å². The molecule has 3 heterocycles. The summed E-state index contributed by atoms with van der Waals surface area (Å²) in [5, 5.41) is 7.48. The molecular weight excluding hydrogens is 320 g/mol. The Kier molecular flexibility index (Phi) is 4.76. The molecule has 3 rings (SSSR count). The van der Waals surface area contributed by atoms with Gasteiger partial charge in [-0.15, -0.1) is 11.3 Å². The first kappa shape index (κ1) is 17.1. The molecule has 0 unspecified atom stereocenters. The van der Waals surface area contributed by atoms with Gasteiger partial charge in [0.2, 0.25) is 5.91 Å². The fraction of sp³-hybridized carbons (Fsp3) is 0.611. The van der Waals surface area contributed by atoms with Crippen LogP contribution in [0, 0.1) is 6.92 Å². The summed E-state index contributed by atoms with van der Waals surface area (Å²) in [6, 6.07) is 0.248. The Bertz CT molecular complexity index is 713. The molecule has 1 fully saturated rings. The van der Waals surface area contributed by atoms with Crippen molar-refractivity contribution in [2.75, 3.05) is 6.54 Å². The van der Waals surface area contributed by atoms with E-state index in [-0.39, 0.29) is 17.4 Å². The van der Waals surface area contributed by atoms with E-state index in [0.29, 0.717) is 6.42 Å². The van der Waals surface area contributed by atoms with Crippen LogP contribution in [0.3, 0.4) is 0 Å². The lowest BCUT2D eigenvalue weighted by molar-refractivity contribution is -0.131. The third-order valence-corrected chi connectivity index (χ3v) is 5.70. The molecule has 2 aromatic heterocycles. The molecular formula is C18H26N4OS. The third-order valence-electron chi connectivity index (χ3n) is 4.38. The highest BCUT2D eigenvalue weighted by Crippen LogP contribution is 2.26. The lowest BCUT2D eigenvalue weighted by Gasteiger charge is -2.24. The smallest absolute Gasteiger partial charge is 0.228 e. The van der Waals surface area contributed by atoms with E-state index >= 15 is 0 Å². The second-order valence-electron chi connectivity index (χ2n) is 7.69. The third kappa shape index (κ3) is 3.86. The van der Waals surface area contributed by atoms with Crippen molar-refractivity contribution < 1.29 is 4.79 Å². The highest BCUT2D eigenvalue weighted by Gasteiger charge is 2.29. The van der Waals surface area contributed by atoms with Crippen LogP contribution in [0.25, 0.3) is 0 Å². The van der Waals surface area contributed by atoms with Crippen molar-refractivity contribution in [1.29, 1.82) is 0 Å². The molecule has 1 atom stereocenters. The fourth-order valence-corrected chi connectivity index (χ4v) is 4.03. The molecule has 0 aliphatic carbocycles. The van der Waals surface area contributed by atoms with Gasteiger partial charge in [-0.25, -0.2) is 4.98 Å². The molecule has 0 bridgehead atoms. The van der Waals surface area contributed by atoms with Crippen LogP contribution in [-0.4, -0.2) is 38.2 Å². The molecule has 0 spiro atoms. The van der Waals surface area contributed by atoms with Crippen LogP contribution >= 0.6 is 11.3 Å². The number of likely N-dealkylation sites (tertiary alicyclic amines) is 1. The minimum absolute atomic E-state index is 0.0418. The van der Waals surface area contributed by atoms with Gasteiger partial charge in [-0.05, 0) is 25.3 Å². The van der Waals surface area contributed by atoms with E-state index in [2.05, 4.69) is 30.9 Å². The standard InChI is InChI=1S/C18H26N4OS/c1-13-9-19-21(10-13)11-15-6-5-7-22(15)16(23)8-14-12-24-17(20-14)18(2,3)4/h9-10,12,15H,5-8,11H2,1-4H3/t15-/m0/s1. The van der Waals surface area contributed by atoms with E-state index in [1.165, 1.54) is 0 Å². The molecule has 6 heteroatoms. The summed E-state index contributed by atoms with van der Waals surface area (Å²) in [6.45, 7) is 10.1. The zero-order valence-electron chi connectivity index (χ0n) is 15.0. The first-order valence-corrected chi connectivity index (χ1v) is 9.44. The first-order valence-electron chi connectivity index (χ1n) is 8.56. The predicted molar refractivity (Wildman–Crippen MR) is 96.2 cm³/mol. The normalized spacial score (nSPS) is 18.3. The summed E-state index contributed by atoms with van der Waals surface area (Å²) in [7, 11) is 0. The average molecular weight is 347 g/mol. The first-order chi connectivity index (χ1) is 11.3. The van der Waals surface area contributed by atoms with E-state index in [4.69, 9.17) is 0 Å². The number of carbonyl (C=O) groups excluding carboxylic acids is 1. The van der Waals surface area contributed by atoms with E-state index < -0.39 is 0 Å². The van der Waals surface area contributed by atoms with Crippen LogP contribution in [0.15, 0.2) is 17.8 Å². The van der Waals surface area contributed by atoms with E-state index in [1.54, 1.807) is 11.3 Å². The topological polar surface area (TPSA) is 51.0 Å². The molecule has 0 N–H and O–H groups in total. The van der Waals surface area contributed by atoms with Crippen LogP contribution in [-0.2, 0) is 23.2 Å². The summed E-state index contributed by atoms with van der Waals surface area (Å²) in [6.07, 6.45) is 6.43. The molecule has 5 nitrogen and oxygen atoms in total. The molecule has 2 aromatic rings. The summed E-state index contributed by atoms with van der Waals surface area (Å²) in [5.41, 5.74) is 2.10. The Morgan fingerprint density at radius 3 is 2.83 bits per heavy atom. The minimum atomic E-state index is 0.0418. The monoisotopic (exact) mass is 346 g/mol. The number of carbonyl (C=O) groups is 1. The average Bonchev–Trinajstić information content (AvgIpc) is 3.19. The maximum Gasteiger partial charge on any atom is 0.228 e. The van der Waals surface area contributed by atoms with Gasteiger partial charge < -0.3 is 4.90 Å². The number of hydrogen-bond donors (Lipinski definition) is 0. The van der Waals surface area contributed by atoms with Gasteiger partial charge in [0.15, 0.2) is 0 Å². The zero-order chi connectivity index (χ0) is 17.3. The lowest BCUT2D eigenvalue weighted by atomic mass is 9.98. The summed E-state index contributed by atoms with van der Waals surface area (Å²) < 4.78 is 1.95. The number of aromatic nitrogens is 3. The number of aryl methyl sites for hydroxylation is 1. The van der Waals surface area contributed by atoms with Crippen molar-refractivity contribution in [1.82, 2.24) is 19.7 Å². The van der Waals surface area contributed by atoms with Crippen LogP contribution in [0.2, 0.25) is 0 Å². The highest BCUT2D eigenvalue weighted by molar-refractivity contribution is 7.09. The summed E-state index contributed by atoms with van der Waals surface area (Å²) >= 11 is 1.65. The molecule has 1 aliphatic heterocycles. The maximum atomic E-state index is 12.7. The fourth-order valence-electron chi connectivity index (χ4n) is 3.13. The number of hydrogen-bond acceptors (Lipinski definition) is 4. The Morgan fingerprint density at radius 1 is 1.42 bits per heavy atom. The maximum absolute atomic E-state index is 12.7. The second kappa shape index (κ2) is 6.67. The quantitative estimate of drug-likeness (QED) is 0.854. The SMILES string of the molecule is Cc1cnn(C[C@@H]2CCCN2C(=O)Cc2csc(C(C)(C)C)n2)c1. The molecule has 24 heavy (non-hydrogen) atoms. The van der Waals surface area contributed by atoms with Gasteiger partial charge in [0.05, 0.1) is 35.9 Å². The zero-order valence-corrected chi connectivity index (χ0v) is 15.8. The Hall–Kier alpha value is -1.69. The van der Waals surface area contributed by atoms with Crippen LogP contribution in [0.1, 0.15) is 49.9 Å². The van der Waals surface area contributed by atoms with E-state index in [1.807, 2.05) is 34.3 Å². The van der Waals surface area contributed by atoms with Crippen molar-refractivity contribution in [2.24, 2.45) is 0 Å².